The quantitative estimate of drug-likeness (QED) is 0.542. The van der Waals surface area contributed by atoms with Gasteiger partial charge in [-0.3, -0.25) is 4.79 Å². The van der Waals surface area contributed by atoms with Crippen molar-refractivity contribution in [3.05, 3.63) is 10.6 Å². The number of hydrogen-bond acceptors (Lipinski definition) is 2. The molecule has 0 bridgehead atoms. The van der Waals surface area contributed by atoms with E-state index in [0.717, 1.165) is 6.42 Å². The van der Waals surface area contributed by atoms with Gasteiger partial charge in [-0.25, -0.2) is 0 Å². The van der Waals surface area contributed by atoms with Crippen LogP contribution in [-0.2, 0) is 9.53 Å². The Balaban J connectivity index is 4.61. The van der Waals surface area contributed by atoms with Crippen molar-refractivity contribution in [1.29, 1.82) is 0 Å². The van der Waals surface area contributed by atoms with E-state index in [1.165, 1.54) is 0 Å². The standard InChI is InChI=1S/C11H17Cl3O2/c1-4-16-11(15)10(14)8(5-7(2)3)6-9(12)13/h6-8,10H,4-5H2,1-3H3. The molecule has 5 heteroatoms. The maximum atomic E-state index is 11.5. The molecule has 0 amide bonds. The van der Waals surface area contributed by atoms with Crippen molar-refractivity contribution >= 4 is 40.8 Å². The van der Waals surface area contributed by atoms with Gasteiger partial charge in [-0.2, -0.15) is 0 Å². The van der Waals surface area contributed by atoms with Gasteiger partial charge in [-0.05, 0) is 25.3 Å². The van der Waals surface area contributed by atoms with E-state index in [-0.39, 0.29) is 10.4 Å². The normalized spacial score (nSPS) is 14.4. The Kier molecular flexibility index (Phi) is 8.25. The Morgan fingerprint density at radius 1 is 1.38 bits per heavy atom. The second kappa shape index (κ2) is 8.21. The number of ether oxygens (including phenoxy) is 1. The van der Waals surface area contributed by atoms with Gasteiger partial charge in [0.15, 0.2) is 0 Å². The number of carbonyl (C=O) groups excluding carboxylic acids is 1. The monoisotopic (exact) mass is 286 g/mol. The summed E-state index contributed by atoms with van der Waals surface area (Å²) in [4.78, 5) is 11.5. The molecule has 0 rings (SSSR count). The molecule has 0 spiro atoms. The molecule has 0 aliphatic heterocycles. The van der Waals surface area contributed by atoms with Gasteiger partial charge in [-0.15, -0.1) is 11.6 Å². The van der Waals surface area contributed by atoms with Crippen LogP contribution in [0.2, 0.25) is 0 Å². The molecule has 0 N–H and O–H groups in total. The first kappa shape index (κ1) is 16.1. The number of hydrogen-bond donors (Lipinski definition) is 0. The largest absolute Gasteiger partial charge is 0.465 e. The Hall–Kier alpha value is 0.0800. The summed E-state index contributed by atoms with van der Waals surface area (Å²) in [6.07, 6.45) is 2.33. The molecular formula is C11H17Cl3O2. The average molecular weight is 288 g/mol. The second-order valence-corrected chi connectivity index (χ2v) is 5.38. The maximum absolute atomic E-state index is 11.5. The van der Waals surface area contributed by atoms with E-state index in [4.69, 9.17) is 39.5 Å². The maximum Gasteiger partial charge on any atom is 0.324 e. The fourth-order valence-electron chi connectivity index (χ4n) is 1.37. The van der Waals surface area contributed by atoms with Gasteiger partial charge in [0.1, 0.15) is 9.87 Å². The third-order valence-electron chi connectivity index (χ3n) is 1.97. The average Bonchev–Trinajstić information content (AvgIpc) is 2.14. The highest BCUT2D eigenvalue weighted by atomic mass is 35.5. The predicted octanol–water partition coefficient (Wildman–Crippen LogP) is 4.14. The third-order valence-corrected chi connectivity index (χ3v) is 2.73. The molecule has 0 aromatic carbocycles. The van der Waals surface area contributed by atoms with E-state index in [1.807, 2.05) is 13.8 Å². The molecule has 2 atom stereocenters. The van der Waals surface area contributed by atoms with Crippen LogP contribution in [0.15, 0.2) is 10.6 Å². The van der Waals surface area contributed by atoms with Gasteiger partial charge >= 0.3 is 5.97 Å². The number of allylic oxidation sites excluding steroid dienone is 1. The Bertz CT molecular complexity index is 248. The lowest BCUT2D eigenvalue weighted by molar-refractivity contribution is -0.143. The highest BCUT2D eigenvalue weighted by molar-refractivity contribution is 6.55. The van der Waals surface area contributed by atoms with E-state index in [0.29, 0.717) is 12.5 Å². The van der Waals surface area contributed by atoms with E-state index < -0.39 is 11.3 Å². The van der Waals surface area contributed by atoms with Gasteiger partial charge in [0.25, 0.3) is 0 Å². The summed E-state index contributed by atoms with van der Waals surface area (Å²) in [6.45, 7) is 6.13. The van der Waals surface area contributed by atoms with Crippen LogP contribution in [0, 0.1) is 11.8 Å². The minimum Gasteiger partial charge on any atom is -0.465 e. The summed E-state index contributed by atoms with van der Waals surface area (Å²) in [5.41, 5.74) is 0. The summed E-state index contributed by atoms with van der Waals surface area (Å²) in [6, 6.07) is 0. The van der Waals surface area contributed by atoms with Crippen LogP contribution in [0.25, 0.3) is 0 Å². The molecule has 2 unspecified atom stereocenters. The van der Waals surface area contributed by atoms with Crippen LogP contribution in [-0.4, -0.2) is 18.0 Å². The fourth-order valence-corrected chi connectivity index (χ4v) is 1.94. The molecule has 94 valence electrons. The summed E-state index contributed by atoms with van der Waals surface area (Å²) >= 11 is 17.2. The van der Waals surface area contributed by atoms with Gasteiger partial charge in [0.2, 0.25) is 0 Å². The zero-order valence-electron chi connectivity index (χ0n) is 9.67. The second-order valence-electron chi connectivity index (χ2n) is 3.90. The van der Waals surface area contributed by atoms with Crippen LogP contribution in [0.3, 0.4) is 0 Å². The molecule has 0 aliphatic rings. The van der Waals surface area contributed by atoms with Crippen molar-refractivity contribution in [3.63, 3.8) is 0 Å². The molecule has 0 radical (unpaired) electrons. The van der Waals surface area contributed by atoms with Crippen molar-refractivity contribution in [2.75, 3.05) is 6.61 Å². The number of esters is 1. The lowest BCUT2D eigenvalue weighted by Crippen LogP contribution is -2.26. The lowest BCUT2D eigenvalue weighted by Gasteiger charge is -2.19. The Morgan fingerprint density at radius 3 is 2.31 bits per heavy atom. The van der Waals surface area contributed by atoms with E-state index in [2.05, 4.69) is 0 Å². The van der Waals surface area contributed by atoms with Gasteiger partial charge in [0.05, 0.1) is 6.61 Å². The van der Waals surface area contributed by atoms with Crippen molar-refractivity contribution in [2.45, 2.75) is 32.6 Å². The van der Waals surface area contributed by atoms with Crippen LogP contribution in [0.4, 0.5) is 0 Å². The molecule has 0 aliphatic carbocycles. The van der Waals surface area contributed by atoms with Crippen LogP contribution in [0.1, 0.15) is 27.2 Å². The first-order valence-corrected chi connectivity index (χ1v) is 6.41. The molecule has 0 saturated carbocycles. The van der Waals surface area contributed by atoms with Gasteiger partial charge in [-0.1, -0.05) is 37.0 Å². The summed E-state index contributed by atoms with van der Waals surface area (Å²) in [5.74, 6) is -0.240. The molecular weight excluding hydrogens is 270 g/mol. The number of alkyl halides is 1. The van der Waals surface area contributed by atoms with Crippen molar-refractivity contribution in [3.8, 4) is 0 Å². The van der Waals surface area contributed by atoms with Crippen molar-refractivity contribution in [1.82, 2.24) is 0 Å². The van der Waals surface area contributed by atoms with Crippen molar-refractivity contribution < 1.29 is 9.53 Å². The highest BCUT2D eigenvalue weighted by Crippen LogP contribution is 2.25. The molecule has 0 heterocycles. The van der Waals surface area contributed by atoms with Crippen LogP contribution in [0.5, 0.6) is 0 Å². The third kappa shape index (κ3) is 6.62. The van der Waals surface area contributed by atoms with E-state index in [9.17, 15) is 4.79 Å². The summed E-state index contributed by atoms with van der Waals surface area (Å²) in [5, 5.41) is -0.741. The minimum absolute atomic E-state index is 0.126. The number of carbonyl (C=O) groups is 1. The predicted molar refractivity (Wildman–Crippen MR) is 69.0 cm³/mol. The minimum atomic E-state index is -0.741. The van der Waals surface area contributed by atoms with Crippen molar-refractivity contribution in [2.24, 2.45) is 11.8 Å². The molecule has 2 nitrogen and oxygen atoms in total. The molecule has 16 heavy (non-hydrogen) atoms. The number of halogens is 3. The molecule has 0 fully saturated rings. The zero-order chi connectivity index (χ0) is 12.7. The Labute approximate surface area is 112 Å². The molecule has 0 aromatic rings. The highest BCUT2D eigenvalue weighted by Gasteiger charge is 2.26. The first-order valence-electron chi connectivity index (χ1n) is 5.22. The van der Waals surface area contributed by atoms with E-state index in [1.54, 1.807) is 13.0 Å². The summed E-state index contributed by atoms with van der Waals surface area (Å²) < 4.78 is 4.99. The van der Waals surface area contributed by atoms with E-state index >= 15 is 0 Å². The summed E-state index contributed by atoms with van der Waals surface area (Å²) in [7, 11) is 0. The lowest BCUT2D eigenvalue weighted by atomic mass is 9.94. The first-order chi connectivity index (χ1) is 7.38. The smallest absolute Gasteiger partial charge is 0.324 e. The van der Waals surface area contributed by atoms with Gasteiger partial charge in [0, 0.05) is 5.92 Å². The molecule has 0 aromatic heterocycles. The SMILES string of the molecule is CCOC(=O)C(Cl)C(C=C(Cl)Cl)CC(C)C. The van der Waals surface area contributed by atoms with Crippen LogP contribution < -0.4 is 0 Å². The fraction of sp³-hybridized carbons (Fsp3) is 0.727. The topological polar surface area (TPSA) is 26.3 Å². The van der Waals surface area contributed by atoms with Crippen LogP contribution >= 0.6 is 34.8 Å². The van der Waals surface area contributed by atoms with Gasteiger partial charge < -0.3 is 4.74 Å². The number of rotatable bonds is 6. The zero-order valence-corrected chi connectivity index (χ0v) is 11.9. The Morgan fingerprint density at radius 2 is 1.94 bits per heavy atom. The molecule has 0 saturated heterocycles.